The molecule has 0 radical (unpaired) electrons. The number of phenolic OH excluding ortho intramolecular Hbond substituents is 1. The molecule has 4 rings (SSSR count). The van der Waals surface area contributed by atoms with Crippen LogP contribution in [0, 0.1) is 11.8 Å². The third-order valence-corrected chi connectivity index (χ3v) is 6.67. The molecule has 1 aromatic carbocycles. The molecule has 5 unspecified atom stereocenters. The molecule has 5 atom stereocenters. The number of rotatable bonds is 2. The Labute approximate surface area is 183 Å². The summed E-state index contributed by atoms with van der Waals surface area (Å²) in [6.07, 6.45) is -2.07. The van der Waals surface area contributed by atoms with Crippen molar-refractivity contribution in [2.24, 2.45) is 11.8 Å². The lowest BCUT2D eigenvalue weighted by atomic mass is 9.55. The highest BCUT2D eigenvalue weighted by atomic mass is 16.4. The van der Waals surface area contributed by atoms with Gasteiger partial charge in [-0.3, -0.25) is 19.8 Å². The average molecular weight is 444 g/mol. The highest BCUT2D eigenvalue weighted by molar-refractivity contribution is 6.23. The van der Waals surface area contributed by atoms with E-state index in [1.807, 2.05) is 0 Å². The molecule has 0 aromatic heterocycles. The van der Waals surface area contributed by atoms with Gasteiger partial charge in [-0.25, -0.2) is 5.01 Å². The minimum Gasteiger partial charge on any atom is -0.508 e. The van der Waals surface area contributed by atoms with Gasteiger partial charge in [0, 0.05) is 37.9 Å². The minimum absolute atomic E-state index is 0.00483. The summed E-state index contributed by atoms with van der Waals surface area (Å²) in [4.78, 5) is 38.7. The van der Waals surface area contributed by atoms with Crippen molar-refractivity contribution >= 4 is 23.2 Å². The lowest BCUT2D eigenvalue weighted by molar-refractivity contribution is -0.161. The molecule has 0 bridgehead atoms. The van der Waals surface area contributed by atoms with Gasteiger partial charge in [0.2, 0.25) is 5.78 Å². The molecule has 1 fully saturated rings. The summed E-state index contributed by atoms with van der Waals surface area (Å²) in [5.74, 6) is -8.06. The van der Waals surface area contributed by atoms with E-state index in [1.165, 1.54) is 25.2 Å². The van der Waals surface area contributed by atoms with E-state index in [4.69, 9.17) is 0 Å². The van der Waals surface area contributed by atoms with Gasteiger partial charge < -0.3 is 25.5 Å². The van der Waals surface area contributed by atoms with Gasteiger partial charge in [-0.1, -0.05) is 19.1 Å². The number of nitrogens with zero attached hydrogens (tertiary/aromatic N) is 1. The van der Waals surface area contributed by atoms with Crippen LogP contribution in [0.5, 0.6) is 5.75 Å². The smallest absolute Gasteiger partial charge is 0.272 e. The maximum absolute atomic E-state index is 13.5. The molecule has 3 aliphatic rings. The second-order valence-corrected chi connectivity index (χ2v) is 8.70. The van der Waals surface area contributed by atoms with Crippen LogP contribution in [0.3, 0.4) is 0 Å². The van der Waals surface area contributed by atoms with E-state index in [9.17, 15) is 39.9 Å². The second-order valence-electron chi connectivity index (χ2n) is 8.70. The summed E-state index contributed by atoms with van der Waals surface area (Å²) < 4.78 is 0. The van der Waals surface area contributed by atoms with Crippen LogP contribution in [0.15, 0.2) is 35.1 Å². The van der Waals surface area contributed by atoms with Crippen LogP contribution < -0.4 is 5.43 Å². The Morgan fingerprint density at radius 2 is 1.84 bits per heavy atom. The van der Waals surface area contributed by atoms with Crippen molar-refractivity contribution in [2.75, 3.05) is 14.1 Å². The molecule has 0 spiro atoms. The number of carbonyl (C=O) groups is 3. The van der Waals surface area contributed by atoms with Crippen LogP contribution in [0.1, 0.15) is 30.4 Å². The molecule has 0 heterocycles. The summed E-state index contributed by atoms with van der Waals surface area (Å²) in [5.41, 5.74) is -1.19. The van der Waals surface area contributed by atoms with Gasteiger partial charge in [0.05, 0.1) is 11.7 Å². The Morgan fingerprint density at radius 1 is 1.19 bits per heavy atom. The molecular weight excluding hydrogens is 420 g/mol. The van der Waals surface area contributed by atoms with Gasteiger partial charge in [-0.2, -0.15) is 0 Å². The zero-order chi connectivity index (χ0) is 23.7. The number of carbonyl (C=O) groups excluding carboxylic acids is 3. The van der Waals surface area contributed by atoms with Crippen LogP contribution in [0.25, 0.3) is 5.76 Å². The number of benzene rings is 1. The number of hydrazine groups is 1. The van der Waals surface area contributed by atoms with Gasteiger partial charge in [0.25, 0.3) is 5.91 Å². The Morgan fingerprint density at radius 3 is 2.47 bits per heavy atom. The topological polar surface area (TPSA) is 168 Å². The predicted octanol–water partition coefficient (Wildman–Crippen LogP) is 0.0632. The fourth-order valence-corrected chi connectivity index (χ4v) is 5.20. The number of hydrogen-bond acceptors (Lipinski definition) is 9. The van der Waals surface area contributed by atoms with Crippen LogP contribution >= 0.6 is 0 Å². The number of aliphatic hydroxyl groups excluding tert-OH is 3. The molecule has 1 saturated carbocycles. The van der Waals surface area contributed by atoms with Crippen LogP contribution in [-0.4, -0.2) is 73.8 Å². The summed E-state index contributed by atoms with van der Waals surface area (Å²) in [6, 6.07) is 4.52. The maximum Gasteiger partial charge on any atom is 0.272 e. The molecular formula is C22H24N2O8. The van der Waals surface area contributed by atoms with Gasteiger partial charge in [0.1, 0.15) is 22.8 Å². The molecule has 1 amide bonds. The molecule has 0 saturated heterocycles. The average Bonchev–Trinajstić information content (AvgIpc) is 2.70. The Kier molecular flexibility index (Phi) is 4.92. The number of Topliss-reactive ketones (excluding diaryl/α,β-unsaturated/α-hetero) is 2. The Bertz CT molecular complexity index is 1120. The number of ketones is 2. The molecule has 3 aliphatic carbocycles. The van der Waals surface area contributed by atoms with Crippen molar-refractivity contribution in [1.82, 2.24) is 10.4 Å². The van der Waals surface area contributed by atoms with Crippen LogP contribution in [0.4, 0.5) is 0 Å². The van der Waals surface area contributed by atoms with E-state index in [1.54, 1.807) is 19.1 Å². The van der Waals surface area contributed by atoms with Gasteiger partial charge in [-0.05, 0) is 17.5 Å². The van der Waals surface area contributed by atoms with Crippen molar-refractivity contribution in [1.29, 1.82) is 0 Å². The third-order valence-electron chi connectivity index (χ3n) is 6.67. The number of fused-ring (bicyclic) bond motifs is 3. The first-order valence-electron chi connectivity index (χ1n) is 10.1. The van der Waals surface area contributed by atoms with Crippen LogP contribution in [-0.2, 0) is 14.4 Å². The molecule has 170 valence electrons. The first-order valence-corrected chi connectivity index (χ1v) is 10.1. The standard InChI is InChI=1S/C22H24N2O8/c1-8-9-5-4-6-11(25)14(9)18(28)16-13(8)17(27)10-7-12(26)15(21(31)23-24(2)3)19(29)22(10,32)20(16)30/h4-6,8,10,13,17,25,27-29,32H,7H2,1-3H3,(H,23,31). The molecule has 10 heteroatoms. The lowest BCUT2D eigenvalue weighted by Gasteiger charge is -2.50. The zero-order valence-electron chi connectivity index (χ0n) is 17.7. The largest absolute Gasteiger partial charge is 0.508 e. The molecule has 32 heavy (non-hydrogen) atoms. The molecule has 1 aromatic rings. The monoisotopic (exact) mass is 444 g/mol. The molecule has 0 aliphatic heterocycles. The summed E-state index contributed by atoms with van der Waals surface area (Å²) in [7, 11) is 2.94. The van der Waals surface area contributed by atoms with E-state index in [-0.39, 0.29) is 16.9 Å². The quantitative estimate of drug-likeness (QED) is 0.273. The van der Waals surface area contributed by atoms with Crippen molar-refractivity contribution in [2.45, 2.75) is 31.0 Å². The van der Waals surface area contributed by atoms with Crippen molar-refractivity contribution in [3.8, 4) is 5.75 Å². The normalized spacial score (nSPS) is 31.9. The Hall–Kier alpha value is -3.21. The molecule has 10 nitrogen and oxygen atoms in total. The highest BCUT2D eigenvalue weighted by Crippen LogP contribution is 2.55. The lowest BCUT2D eigenvalue weighted by Crippen LogP contribution is -2.64. The third kappa shape index (κ3) is 2.73. The van der Waals surface area contributed by atoms with E-state index in [0.29, 0.717) is 5.56 Å². The second kappa shape index (κ2) is 7.16. The SMILES string of the molecule is CC1c2cccc(O)c2C(O)=C2C(=O)C3(O)C(O)=C(C(=O)NN(C)C)C(=O)CC3C(O)C21. The first-order chi connectivity index (χ1) is 14.9. The summed E-state index contributed by atoms with van der Waals surface area (Å²) in [6.45, 7) is 1.69. The van der Waals surface area contributed by atoms with Crippen LogP contribution in [0.2, 0.25) is 0 Å². The zero-order valence-corrected chi connectivity index (χ0v) is 17.7. The van der Waals surface area contributed by atoms with E-state index in [0.717, 1.165) is 0 Å². The first kappa shape index (κ1) is 22.0. The van der Waals surface area contributed by atoms with Crippen molar-refractivity contribution in [3.05, 3.63) is 46.2 Å². The fraction of sp³-hybridized carbons (Fsp3) is 0.409. The molecule has 6 N–H and O–H groups in total. The number of hydrogen-bond donors (Lipinski definition) is 6. The fourth-order valence-electron chi connectivity index (χ4n) is 5.20. The number of nitrogens with one attached hydrogen (secondary N) is 1. The number of phenols is 1. The van der Waals surface area contributed by atoms with E-state index in [2.05, 4.69) is 5.43 Å². The van der Waals surface area contributed by atoms with E-state index >= 15 is 0 Å². The van der Waals surface area contributed by atoms with Gasteiger partial charge in [0.15, 0.2) is 11.4 Å². The predicted molar refractivity (Wildman–Crippen MR) is 110 cm³/mol. The maximum atomic E-state index is 13.5. The van der Waals surface area contributed by atoms with E-state index < -0.39 is 70.4 Å². The Balaban J connectivity index is 1.95. The van der Waals surface area contributed by atoms with Gasteiger partial charge in [-0.15, -0.1) is 0 Å². The number of amides is 1. The summed E-state index contributed by atoms with van der Waals surface area (Å²) >= 11 is 0. The summed E-state index contributed by atoms with van der Waals surface area (Å²) in [5, 5.41) is 55.7. The number of aromatic hydroxyl groups is 1. The number of aliphatic hydroxyl groups is 4. The van der Waals surface area contributed by atoms with Gasteiger partial charge >= 0.3 is 0 Å². The minimum atomic E-state index is -2.80. The van der Waals surface area contributed by atoms with Crippen molar-refractivity contribution < 1.29 is 39.9 Å². The van der Waals surface area contributed by atoms with Crippen molar-refractivity contribution in [3.63, 3.8) is 0 Å². The highest BCUT2D eigenvalue weighted by Gasteiger charge is 2.65.